The zero-order chi connectivity index (χ0) is 13.1. The Kier molecular flexibility index (Phi) is 4.01. The summed E-state index contributed by atoms with van der Waals surface area (Å²) in [6.45, 7) is 1.74. The maximum absolute atomic E-state index is 5.90. The molecule has 3 rings (SSSR count). The van der Waals surface area contributed by atoms with Gasteiger partial charge in [-0.05, 0) is 54.7 Å². The van der Waals surface area contributed by atoms with E-state index in [0.29, 0.717) is 17.5 Å². The van der Waals surface area contributed by atoms with Gasteiger partial charge in [0.15, 0.2) is 0 Å². The number of hydrogen-bond acceptors (Lipinski definition) is 5. The first-order valence-electron chi connectivity index (χ1n) is 7.02. The van der Waals surface area contributed by atoms with E-state index < -0.39 is 0 Å². The van der Waals surface area contributed by atoms with Crippen LogP contribution in [-0.4, -0.2) is 29.6 Å². The SMILES string of the molecule is Nc1ccc(NCC2CCSC2)nc1OCC1CC1. The summed E-state index contributed by atoms with van der Waals surface area (Å²) in [7, 11) is 0. The van der Waals surface area contributed by atoms with E-state index in [-0.39, 0.29) is 0 Å². The highest BCUT2D eigenvalue weighted by Gasteiger charge is 2.22. The van der Waals surface area contributed by atoms with Crippen LogP contribution in [0.3, 0.4) is 0 Å². The minimum Gasteiger partial charge on any atom is -0.476 e. The molecule has 1 aliphatic heterocycles. The number of nitrogens with two attached hydrogens (primary N) is 1. The lowest BCUT2D eigenvalue weighted by molar-refractivity contribution is 0.290. The Morgan fingerprint density at radius 1 is 1.32 bits per heavy atom. The van der Waals surface area contributed by atoms with Gasteiger partial charge >= 0.3 is 0 Å². The lowest BCUT2D eigenvalue weighted by Gasteiger charge is -2.13. The van der Waals surface area contributed by atoms with E-state index in [0.717, 1.165) is 24.9 Å². The molecule has 0 amide bonds. The third-order valence-electron chi connectivity index (χ3n) is 3.64. The van der Waals surface area contributed by atoms with Crippen molar-refractivity contribution in [3.63, 3.8) is 0 Å². The number of rotatable bonds is 6. The van der Waals surface area contributed by atoms with Crippen molar-refractivity contribution in [2.45, 2.75) is 19.3 Å². The van der Waals surface area contributed by atoms with Gasteiger partial charge in [-0.2, -0.15) is 16.7 Å². The van der Waals surface area contributed by atoms with Crippen molar-refractivity contribution in [1.29, 1.82) is 0 Å². The second-order valence-electron chi connectivity index (χ2n) is 5.46. The third kappa shape index (κ3) is 3.69. The van der Waals surface area contributed by atoms with Crippen molar-refractivity contribution in [1.82, 2.24) is 4.98 Å². The molecule has 3 N–H and O–H groups in total. The predicted molar refractivity (Wildman–Crippen MR) is 80.8 cm³/mol. The molecule has 5 heteroatoms. The summed E-state index contributed by atoms with van der Waals surface area (Å²) in [5, 5.41) is 3.40. The summed E-state index contributed by atoms with van der Waals surface area (Å²) < 4.78 is 5.69. The van der Waals surface area contributed by atoms with Crippen molar-refractivity contribution in [2.75, 3.05) is 35.7 Å². The fourth-order valence-electron chi connectivity index (χ4n) is 2.14. The fraction of sp³-hybridized carbons (Fsp3) is 0.643. The average molecular weight is 279 g/mol. The second-order valence-corrected chi connectivity index (χ2v) is 6.61. The molecule has 2 heterocycles. The van der Waals surface area contributed by atoms with Crippen LogP contribution in [0.15, 0.2) is 12.1 Å². The number of nitrogens with zero attached hydrogens (tertiary/aromatic N) is 1. The van der Waals surface area contributed by atoms with E-state index in [1.165, 1.54) is 30.8 Å². The molecule has 0 bridgehead atoms. The molecule has 1 atom stereocenters. The summed E-state index contributed by atoms with van der Waals surface area (Å²) >= 11 is 2.04. The maximum atomic E-state index is 5.90. The minimum absolute atomic E-state index is 0.581. The maximum Gasteiger partial charge on any atom is 0.239 e. The first-order valence-corrected chi connectivity index (χ1v) is 8.17. The Bertz CT molecular complexity index is 431. The van der Waals surface area contributed by atoms with E-state index >= 15 is 0 Å². The Labute approximate surface area is 118 Å². The van der Waals surface area contributed by atoms with Crippen LogP contribution in [0.4, 0.5) is 11.5 Å². The lowest BCUT2D eigenvalue weighted by atomic mass is 10.1. The predicted octanol–water partition coefficient (Wildman–Crippen LogP) is 2.62. The minimum atomic E-state index is 0.581. The molecule has 19 heavy (non-hydrogen) atoms. The van der Waals surface area contributed by atoms with Gasteiger partial charge in [0.2, 0.25) is 5.88 Å². The van der Waals surface area contributed by atoms with Gasteiger partial charge in [0.05, 0.1) is 12.3 Å². The smallest absolute Gasteiger partial charge is 0.239 e. The van der Waals surface area contributed by atoms with Gasteiger partial charge in [0.1, 0.15) is 5.82 Å². The molecule has 0 aromatic carbocycles. The number of pyridine rings is 1. The molecule has 2 fully saturated rings. The van der Waals surface area contributed by atoms with E-state index in [1.807, 2.05) is 23.9 Å². The van der Waals surface area contributed by atoms with Gasteiger partial charge in [0.25, 0.3) is 0 Å². The first kappa shape index (κ1) is 12.9. The number of nitrogens with one attached hydrogen (secondary N) is 1. The molecule has 1 aliphatic carbocycles. The highest BCUT2D eigenvalue weighted by molar-refractivity contribution is 7.99. The Morgan fingerprint density at radius 3 is 2.95 bits per heavy atom. The second kappa shape index (κ2) is 5.90. The van der Waals surface area contributed by atoms with Crippen LogP contribution >= 0.6 is 11.8 Å². The molecule has 4 nitrogen and oxygen atoms in total. The normalized spacial score (nSPS) is 22.4. The van der Waals surface area contributed by atoms with E-state index in [2.05, 4.69) is 10.3 Å². The summed E-state index contributed by atoms with van der Waals surface area (Å²) in [5.41, 5.74) is 6.52. The van der Waals surface area contributed by atoms with Crippen LogP contribution in [-0.2, 0) is 0 Å². The zero-order valence-electron chi connectivity index (χ0n) is 11.1. The molecule has 1 aromatic heterocycles. The van der Waals surface area contributed by atoms with Crippen molar-refractivity contribution in [3.05, 3.63) is 12.1 Å². The molecule has 104 valence electrons. The molecule has 1 aromatic rings. The van der Waals surface area contributed by atoms with Gasteiger partial charge in [-0.25, -0.2) is 0 Å². The molecule has 1 unspecified atom stereocenters. The third-order valence-corrected chi connectivity index (χ3v) is 4.87. The number of ether oxygens (including phenoxy) is 1. The van der Waals surface area contributed by atoms with Gasteiger partial charge in [-0.3, -0.25) is 0 Å². The highest BCUT2D eigenvalue weighted by Crippen LogP contribution is 2.31. The van der Waals surface area contributed by atoms with Gasteiger partial charge < -0.3 is 15.8 Å². The summed E-state index contributed by atoms with van der Waals surface area (Å²) in [6, 6.07) is 3.81. The zero-order valence-corrected chi connectivity index (χ0v) is 11.9. The van der Waals surface area contributed by atoms with Gasteiger partial charge in [0, 0.05) is 6.54 Å². The van der Waals surface area contributed by atoms with Crippen molar-refractivity contribution >= 4 is 23.3 Å². The Morgan fingerprint density at radius 2 is 2.21 bits per heavy atom. The topological polar surface area (TPSA) is 60.2 Å². The Hall–Kier alpha value is -1.10. The van der Waals surface area contributed by atoms with Gasteiger partial charge in [-0.1, -0.05) is 0 Å². The average Bonchev–Trinajstić information content (AvgIpc) is 3.10. The molecular formula is C14H21N3OS. The summed E-state index contributed by atoms with van der Waals surface area (Å²) in [6.07, 6.45) is 3.85. The van der Waals surface area contributed by atoms with Crippen molar-refractivity contribution in [2.24, 2.45) is 11.8 Å². The van der Waals surface area contributed by atoms with Crippen LogP contribution in [0.5, 0.6) is 5.88 Å². The molecular weight excluding hydrogens is 258 g/mol. The van der Waals surface area contributed by atoms with E-state index in [4.69, 9.17) is 10.5 Å². The molecule has 0 spiro atoms. The molecule has 2 aliphatic rings. The van der Waals surface area contributed by atoms with Crippen LogP contribution in [0.2, 0.25) is 0 Å². The monoisotopic (exact) mass is 279 g/mol. The molecule has 1 saturated carbocycles. The molecule has 0 radical (unpaired) electrons. The quantitative estimate of drug-likeness (QED) is 0.838. The number of hydrogen-bond donors (Lipinski definition) is 2. The van der Waals surface area contributed by atoms with E-state index in [9.17, 15) is 0 Å². The number of aromatic nitrogens is 1. The number of thioether (sulfide) groups is 1. The molecule has 1 saturated heterocycles. The first-order chi connectivity index (χ1) is 9.31. The van der Waals surface area contributed by atoms with Crippen molar-refractivity contribution in [3.8, 4) is 5.88 Å². The number of anilines is 2. The summed E-state index contributed by atoms with van der Waals surface area (Å²) in [4.78, 5) is 4.47. The standard InChI is InChI=1S/C14H21N3OS/c15-12-3-4-13(16-7-11-5-6-19-9-11)17-14(12)18-8-10-1-2-10/h3-4,10-11H,1-2,5-9,15H2,(H,16,17). The lowest BCUT2D eigenvalue weighted by Crippen LogP contribution is -2.14. The highest BCUT2D eigenvalue weighted by atomic mass is 32.2. The van der Waals surface area contributed by atoms with Crippen LogP contribution in [0.25, 0.3) is 0 Å². The fourth-order valence-corrected chi connectivity index (χ4v) is 3.42. The van der Waals surface area contributed by atoms with Crippen molar-refractivity contribution < 1.29 is 4.74 Å². The Balaban J connectivity index is 1.55. The van der Waals surface area contributed by atoms with E-state index in [1.54, 1.807) is 0 Å². The summed E-state index contributed by atoms with van der Waals surface area (Å²) in [5.74, 6) is 5.48. The number of nitrogen functional groups attached to an aromatic ring is 1. The van der Waals surface area contributed by atoms with Crippen LogP contribution in [0, 0.1) is 11.8 Å². The largest absolute Gasteiger partial charge is 0.476 e. The van der Waals surface area contributed by atoms with Gasteiger partial charge in [-0.15, -0.1) is 0 Å². The van der Waals surface area contributed by atoms with Crippen LogP contribution in [0.1, 0.15) is 19.3 Å². The van der Waals surface area contributed by atoms with Crippen LogP contribution < -0.4 is 15.8 Å².